The summed E-state index contributed by atoms with van der Waals surface area (Å²) in [5.41, 5.74) is 2.64. The van der Waals surface area contributed by atoms with Gasteiger partial charge in [-0.15, -0.1) is 35.5 Å². The van der Waals surface area contributed by atoms with Crippen molar-refractivity contribution in [3.05, 3.63) is 53.6 Å². The van der Waals surface area contributed by atoms with Gasteiger partial charge in [0.2, 0.25) is 0 Å². The third kappa shape index (κ3) is 3.77. The number of hydrogen-bond donors (Lipinski definition) is 4. The lowest BCUT2D eigenvalue weighted by Crippen LogP contribution is -2.53. The number of benzene rings is 2. The molecule has 0 aliphatic carbocycles. The van der Waals surface area contributed by atoms with E-state index in [1.807, 2.05) is 12.1 Å². The number of thiol groups is 2. The third-order valence-electron chi connectivity index (χ3n) is 5.78. The Hall–Kier alpha value is -2.98. The molecule has 2 N–H and O–H groups in total. The largest absolute Gasteiger partial charge is 0.480 e. The molecule has 1 aliphatic heterocycles. The molecule has 160 valence electrons. The second kappa shape index (κ2) is 7.93. The summed E-state index contributed by atoms with van der Waals surface area (Å²) in [6.45, 7) is 1.72. The number of rotatable bonds is 4. The first kappa shape index (κ1) is 21.3. The van der Waals surface area contributed by atoms with E-state index in [1.54, 1.807) is 53.8 Å². The zero-order valence-electron chi connectivity index (χ0n) is 16.9. The average Bonchev–Trinajstić information content (AvgIpc) is 3.08. The van der Waals surface area contributed by atoms with E-state index in [-0.39, 0.29) is 5.91 Å². The molecular weight excluding hydrogens is 434 g/mol. The van der Waals surface area contributed by atoms with Crippen molar-refractivity contribution < 1.29 is 14.7 Å². The summed E-state index contributed by atoms with van der Waals surface area (Å²) < 4.78 is 1.65. The van der Waals surface area contributed by atoms with E-state index in [1.165, 1.54) is 0 Å². The van der Waals surface area contributed by atoms with Gasteiger partial charge < -0.3 is 15.3 Å². The van der Waals surface area contributed by atoms with Crippen molar-refractivity contribution in [2.24, 2.45) is 0 Å². The standard InChI is InChI=1S/C21H21N5O3S2/c1-21(18(28)29)9-8-12-10-13(6-7-16(12)25(21)2)17(27)22-14-4-3-5-15(11-14)26-19(30)23-24-20(26)31/h3-7,10-11H,8-9H2,1-2H3,(H,22,27)(H,23,30)(H,24,31)(H,28,29). The van der Waals surface area contributed by atoms with Gasteiger partial charge in [0.25, 0.3) is 5.91 Å². The zero-order chi connectivity index (χ0) is 22.3. The Bertz CT molecular complexity index is 1180. The Labute approximate surface area is 190 Å². The van der Waals surface area contributed by atoms with Crippen LogP contribution in [0.1, 0.15) is 29.3 Å². The molecule has 1 amide bonds. The topological polar surface area (TPSA) is 100 Å². The van der Waals surface area contributed by atoms with Crippen LogP contribution in [0.3, 0.4) is 0 Å². The van der Waals surface area contributed by atoms with Crippen LogP contribution in [0.2, 0.25) is 0 Å². The van der Waals surface area contributed by atoms with Gasteiger partial charge >= 0.3 is 5.97 Å². The Morgan fingerprint density at radius 2 is 1.84 bits per heavy atom. The van der Waals surface area contributed by atoms with Crippen LogP contribution in [0.4, 0.5) is 11.4 Å². The van der Waals surface area contributed by atoms with Crippen LogP contribution >= 0.6 is 25.3 Å². The molecule has 0 saturated carbocycles. The maximum absolute atomic E-state index is 12.9. The fourth-order valence-electron chi connectivity index (χ4n) is 3.74. The van der Waals surface area contributed by atoms with E-state index in [0.29, 0.717) is 34.4 Å². The van der Waals surface area contributed by atoms with Gasteiger partial charge in [-0.1, -0.05) is 6.07 Å². The summed E-state index contributed by atoms with van der Waals surface area (Å²) in [7, 11) is 1.77. The van der Waals surface area contributed by atoms with Gasteiger partial charge in [-0.3, -0.25) is 9.36 Å². The number of carboxylic acids is 1. The molecule has 0 bridgehead atoms. The number of likely N-dealkylation sites (N-methyl/N-ethyl adjacent to an activating group) is 1. The number of amides is 1. The zero-order valence-corrected chi connectivity index (χ0v) is 18.7. The first-order valence-electron chi connectivity index (χ1n) is 9.56. The van der Waals surface area contributed by atoms with Crippen LogP contribution in [0, 0.1) is 0 Å². The summed E-state index contributed by atoms with van der Waals surface area (Å²) >= 11 is 8.56. The minimum Gasteiger partial charge on any atom is -0.480 e. The van der Waals surface area contributed by atoms with Crippen LogP contribution in [0.15, 0.2) is 52.8 Å². The fraction of sp³-hybridized carbons (Fsp3) is 0.238. The lowest BCUT2D eigenvalue weighted by atomic mass is 9.85. The third-order valence-corrected chi connectivity index (χ3v) is 6.36. The molecule has 3 aromatic rings. The van der Waals surface area contributed by atoms with Crippen molar-refractivity contribution in [1.82, 2.24) is 14.8 Å². The Morgan fingerprint density at radius 3 is 2.52 bits per heavy atom. The van der Waals surface area contributed by atoms with Gasteiger partial charge in [0, 0.05) is 24.0 Å². The molecule has 0 fully saturated rings. The van der Waals surface area contributed by atoms with Crippen molar-refractivity contribution in [2.45, 2.75) is 35.6 Å². The number of fused-ring (bicyclic) bond motifs is 1. The molecule has 0 spiro atoms. The molecule has 1 atom stereocenters. The monoisotopic (exact) mass is 455 g/mol. The number of nitrogens with one attached hydrogen (secondary N) is 1. The maximum atomic E-state index is 12.9. The number of anilines is 2. The highest BCUT2D eigenvalue weighted by Gasteiger charge is 2.41. The summed E-state index contributed by atoms with van der Waals surface area (Å²) in [4.78, 5) is 26.3. The Morgan fingerprint density at radius 1 is 1.13 bits per heavy atom. The van der Waals surface area contributed by atoms with Crippen molar-refractivity contribution in [2.75, 3.05) is 17.3 Å². The first-order valence-corrected chi connectivity index (χ1v) is 10.5. The molecule has 4 rings (SSSR count). The highest BCUT2D eigenvalue weighted by molar-refractivity contribution is 7.80. The molecule has 31 heavy (non-hydrogen) atoms. The summed E-state index contributed by atoms with van der Waals surface area (Å²) in [6.07, 6.45) is 1.05. The minimum absolute atomic E-state index is 0.255. The quantitative estimate of drug-likeness (QED) is 0.451. The SMILES string of the molecule is CN1c2ccc(C(=O)Nc3cccc(-n4c(S)nnc4S)c3)cc2CCC1(C)C(=O)O. The molecule has 0 saturated heterocycles. The second-order valence-corrected chi connectivity index (χ2v) is 8.42. The molecular formula is C21H21N5O3S2. The van der Waals surface area contributed by atoms with E-state index < -0.39 is 11.5 Å². The van der Waals surface area contributed by atoms with E-state index >= 15 is 0 Å². The average molecular weight is 456 g/mol. The van der Waals surface area contributed by atoms with E-state index in [4.69, 9.17) is 0 Å². The van der Waals surface area contributed by atoms with Gasteiger partial charge in [0.15, 0.2) is 10.3 Å². The lowest BCUT2D eigenvalue weighted by Gasteiger charge is -2.41. The molecule has 0 radical (unpaired) electrons. The number of carbonyl (C=O) groups excluding carboxylic acids is 1. The van der Waals surface area contributed by atoms with Crippen LogP contribution in [0.5, 0.6) is 0 Å². The lowest BCUT2D eigenvalue weighted by molar-refractivity contribution is -0.143. The Balaban J connectivity index is 1.57. The highest BCUT2D eigenvalue weighted by Crippen LogP contribution is 2.36. The number of hydrogen-bond acceptors (Lipinski definition) is 7. The fourth-order valence-corrected chi connectivity index (χ4v) is 4.33. The number of aryl methyl sites for hydroxylation is 1. The molecule has 2 aromatic carbocycles. The molecule has 2 heterocycles. The van der Waals surface area contributed by atoms with Crippen molar-refractivity contribution in [1.29, 1.82) is 0 Å². The molecule has 1 aliphatic rings. The molecule has 8 nitrogen and oxygen atoms in total. The van der Waals surface area contributed by atoms with Crippen LogP contribution in [-0.2, 0) is 11.2 Å². The maximum Gasteiger partial charge on any atom is 0.329 e. The normalized spacial score (nSPS) is 17.9. The van der Waals surface area contributed by atoms with Gasteiger partial charge in [0.05, 0.1) is 5.69 Å². The Kier molecular flexibility index (Phi) is 5.44. The molecule has 1 unspecified atom stereocenters. The van der Waals surface area contributed by atoms with Gasteiger partial charge in [-0.2, -0.15) is 0 Å². The molecule has 1 aromatic heterocycles. The van der Waals surface area contributed by atoms with E-state index in [2.05, 4.69) is 40.8 Å². The molecule has 10 heteroatoms. The van der Waals surface area contributed by atoms with Gasteiger partial charge in [0.1, 0.15) is 5.54 Å². The van der Waals surface area contributed by atoms with E-state index in [0.717, 1.165) is 16.9 Å². The number of aliphatic carboxylic acids is 1. The first-order chi connectivity index (χ1) is 14.7. The summed E-state index contributed by atoms with van der Waals surface area (Å²) in [5, 5.41) is 21.0. The predicted molar refractivity (Wildman–Crippen MR) is 123 cm³/mol. The number of nitrogens with zero attached hydrogens (tertiary/aromatic N) is 4. The van der Waals surface area contributed by atoms with Gasteiger partial charge in [-0.05, 0) is 61.7 Å². The van der Waals surface area contributed by atoms with Crippen molar-refractivity contribution >= 4 is 48.5 Å². The number of carboxylic acid groups (broad SMARTS) is 1. The van der Waals surface area contributed by atoms with Crippen molar-refractivity contribution in [3.63, 3.8) is 0 Å². The highest BCUT2D eigenvalue weighted by atomic mass is 32.1. The number of aromatic nitrogens is 3. The summed E-state index contributed by atoms with van der Waals surface area (Å²) in [6, 6.07) is 12.5. The minimum atomic E-state index is -0.961. The van der Waals surface area contributed by atoms with Crippen molar-refractivity contribution in [3.8, 4) is 5.69 Å². The van der Waals surface area contributed by atoms with E-state index in [9.17, 15) is 14.7 Å². The van der Waals surface area contributed by atoms with Crippen LogP contribution < -0.4 is 10.2 Å². The van der Waals surface area contributed by atoms with Gasteiger partial charge in [-0.25, -0.2) is 4.79 Å². The number of carbonyl (C=O) groups is 2. The van der Waals surface area contributed by atoms with Crippen LogP contribution in [-0.4, -0.2) is 44.3 Å². The summed E-state index contributed by atoms with van der Waals surface area (Å²) in [5.74, 6) is -1.11. The van der Waals surface area contributed by atoms with Crippen LogP contribution in [0.25, 0.3) is 5.69 Å². The predicted octanol–water partition coefficient (Wildman–Crippen LogP) is 3.32. The smallest absolute Gasteiger partial charge is 0.329 e. The second-order valence-electron chi connectivity index (χ2n) is 7.62.